The van der Waals surface area contributed by atoms with E-state index in [2.05, 4.69) is 0 Å². The zero-order valence-electron chi connectivity index (χ0n) is 16.6. The molecule has 1 N–H and O–H groups in total. The highest BCUT2D eigenvalue weighted by Gasteiger charge is 2.43. The lowest BCUT2D eigenvalue weighted by atomic mass is 9.71. The third-order valence-electron chi connectivity index (χ3n) is 5.71. The molecule has 0 bridgehead atoms. The lowest BCUT2D eigenvalue weighted by molar-refractivity contribution is -0.138. The molecule has 2 aliphatic rings. The van der Waals surface area contributed by atoms with Crippen LogP contribution in [0.1, 0.15) is 51.5 Å². The number of carbonyl (C=O) groups excluding carboxylic acids is 1. The van der Waals surface area contributed by atoms with Gasteiger partial charge in [-0.15, -0.1) is 0 Å². The highest BCUT2D eigenvalue weighted by molar-refractivity contribution is 5.92. The van der Waals surface area contributed by atoms with Crippen molar-refractivity contribution in [2.24, 2.45) is 5.92 Å². The number of ether oxygens (including phenoxy) is 2. The van der Waals surface area contributed by atoms with Crippen molar-refractivity contribution >= 4 is 12.0 Å². The zero-order valence-corrected chi connectivity index (χ0v) is 16.6. The summed E-state index contributed by atoms with van der Waals surface area (Å²) >= 11 is 0. The molecule has 0 unspecified atom stereocenters. The van der Waals surface area contributed by atoms with E-state index in [-0.39, 0.29) is 17.9 Å². The summed E-state index contributed by atoms with van der Waals surface area (Å²) in [5.74, 6) is 1.57. The van der Waals surface area contributed by atoms with Crippen LogP contribution in [0.3, 0.4) is 0 Å². The van der Waals surface area contributed by atoms with Crippen molar-refractivity contribution in [1.29, 1.82) is 0 Å². The van der Waals surface area contributed by atoms with Crippen LogP contribution in [0.25, 0.3) is 6.08 Å². The molecular formula is C22H31NO4. The van der Waals surface area contributed by atoms with Crippen molar-refractivity contribution in [1.82, 2.24) is 4.90 Å². The molecule has 2 fully saturated rings. The van der Waals surface area contributed by atoms with Crippen molar-refractivity contribution in [3.63, 3.8) is 0 Å². The van der Waals surface area contributed by atoms with Crippen LogP contribution in [-0.2, 0) is 4.79 Å². The number of rotatable bonds is 5. The monoisotopic (exact) mass is 373 g/mol. The molecule has 0 aromatic heterocycles. The molecule has 1 aromatic rings. The van der Waals surface area contributed by atoms with Gasteiger partial charge in [0.25, 0.3) is 0 Å². The first-order valence-corrected chi connectivity index (χ1v) is 9.95. The van der Waals surface area contributed by atoms with E-state index in [1.165, 1.54) is 0 Å². The van der Waals surface area contributed by atoms with Gasteiger partial charge < -0.3 is 19.5 Å². The number of hydrogen-bond donors (Lipinski definition) is 1. The van der Waals surface area contributed by atoms with E-state index in [4.69, 9.17) is 9.47 Å². The normalized spacial score (nSPS) is 25.5. The third-order valence-corrected chi connectivity index (χ3v) is 5.71. The van der Waals surface area contributed by atoms with Crippen LogP contribution in [0.15, 0.2) is 24.3 Å². The largest absolute Gasteiger partial charge is 0.493 e. The summed E-state index contributed by atoms with van der Waals surface area (Å²) in [5.41, 5.74) is 0.334. The van der Waals surface area contributed by atoms with E-state index in [1.807, 2.05) is 43.0 Å². The number of methoxy groups -OCH3 is 1. The minimum absolute atomic E-state index is 0.00379. The van der Waals surface area contributed by atoms with E-state index in [1.54, 1.807) is 13.2 Å². The van der Waals surface area contributed by atoms with Crippen LogP contribution in [0, 0.1) is 5.92 Å². The molecule has 148 valence electrons. The van der Waals surface area contributed by atoms with Gasteiger partial charge in [0, 0.05) is 25.1 Å². The Balaban J connectivity index is 1.64. The Labute approximate surface area is 162 Å². The summed E-state index contributed by atoms with van der Waals surface area (Å²) in [5, 5.41) is 10.8. The average molecular weight is 373 g/mol. The number of carbonyl (C=O) groups is 1. The van der Waals surface area contributed by atoms with Gasteiger partial charge in [0.05, 0.1) is 18.8 Å². The predicted molar refractivity (Wildman–Crippen MR) is 106 cm³/mol. The van der Waals surface area contributed by atoms with Crippen molar-refractivity contribution in [3.8, 4) is 11.5 Å². The molecule has 5 nitrogen and oxygen atoms in total. The number of piperidine rings is 1. The Bertz CT molecular complexity index is 700. The van der Waals surface area contributed by atoms with Crippen molar-refractivity contribution in [2.45, 2.75) is 57.7 Å². The van der Waals surface area contributed by atoms with Gasteiger partial charge in [-0.05, 0) is 56.9 Å². The van der Waals surface area contributed by atoms with E-state index in [0.717, 1.165) is 31.2 Å². The van der Waals surface area contributed by atoms with Crippen LogP contribution >= 0.6 is 0 Å². The maximum absolute atomic E-state index is 12.6. The number of fused-ring (bicyclic) bond motifs is 1. The van der Waals surface area contributed by atoms with Crippen molar-refractivity contribution < 1.29 is 19.4 Å². The van der Waals surface area contributed by atoms with Gasteiger partial charge in [-0.25, -0.2) is 0 Å². The van der Waals surface area contributed by atoms with Gasteiger partial charge >= 0.3 is 0 Å². The van der Waals surface area contributed by atoms with Gasteiger partial charge in [-0.1, -0.05) is 18.9 Å². The second kappa shape index (κ2) is 8.34. The van der Waals surface area contributed by atoms with E-state index >= 15 is 0 Å². The maximum Gasteiger partial charge on any atom is 0.246 e. The molecule has 0 radical (unpaired) electrons. The molecule has 1 aliphatic carbocycles. The highest BCUT2D eigenvalue weighted by atomic mass is 16.5. The number of aliphatic hydroxyl groups is 1. The first kappa shape index (κ1) is 19.7. The molecule has 1 amide bonds. The molecule has 5 heteroatoms. The average Bonchev–Trinajstić information content (AvgIpc) is 2.65. The zero-order chi connectivity index (χ0) is 19.4. The summed E-state index contributed by atoms with van der Waals surface area (Å²) in [6.07, 6.45) is 8.32. The quantitative estimate of drug-likeness (QED) is 0.801. The number of likely N-dealkylation sites (tertiary alicyclic amines) is 1. The number of amides is 1. The first-order chi connectivity index (χ1) is 12.9. The highest BCUT2D eigenvalue weighted by Crippen LogP contribution is 2.39. The summed E-state index contributed by atoms with van der Waals surface area (Å²) in [6.45, 7) is 5.22. The van der Waals surface area contributed by atoms with E-state index in [0.29, 0.717) is 31.0 Å². The van der Waals surface area contributed by atoms with E-state index < -0.39 is 5.60 Å². The first-order valence-electron chi connectivity index (χ1n) is 9.95. The molecule has 27 heavy (non-hydrogen) atoms. The second-order valence-corrected chi connectivity index (χ2v) is 7.99. The van der Waals surface area contributed by atoms with E-state index in [9.17, 15) is 9.90 Å². The standard InChI is InChI=1S/C22H31NO4/c1-16(2)27-19-9-7-17(14-20(19)26-3)8-10-21(24)23-13-12-22(25)11-5-4-6-18(22)15-23/h7-10,14,16,18,25H,4-6,11-13,15H2,1-3H3/b10-8+/t18-,22-/m1/s1. The summed E-state index contributed by atoms with van der Waals surface area (Å²) < 4.78 is 11.1. The lowest BCUT2D eigenvalue weighted by Gasteiger charge is -2.47. The minimum atomic E-state index is -0.557. The van der Waals surface area contributed by atoms with Gasteiger partial charge in [-0.2, -0.15) is 0 Å². The summed E-state index contributed by atoms with van der Waals surface area (Å²) in [7, 11) is 1.61. The van der Waals surface area contributed by atoms with Gasteiger partial charge in [0.1, 0.15) is 0 Å². The Morgan fingerprint density at radius 3 is 2.85 bits per heavy atom. The molecule has 3 rings (SSSR count). The molecule has 2 atom stereocenters. The molecule has 1 aliphatic heterocycles. The predicted octanol–water partition coefficient (Wildman–Crippen LogP) is 3.65. The van der Waals surface area contributed by atoms with Crippen molar-refractivity contribution in [2.75, 3.05) is 20.2 Å². The smallest absolute Gasteiger partial charge is 0.246 e. The van der Waals surface area contributed by atoms with Crippen LogP contribution in [0.2, 0.25) is 0 Å². The molecule has 1 saturated heterocycles. The topological polar surface area (TPSA) is 59.0 Å². The van der Waals surface area contributed by atoms with Gasteiger partial charge in [0.15, 0.2) is 11.5 Å². The van der Waals surface area contributed by atoms with Crippen LogP contribution < -0.4 is 9.47 Å². The fourth-order valence-electron chi connectivity index (χ4n) is 4.18. The summed E-state index contributed by atoms with van der Waals surface area (Å²) in [6, 6.07) is 5.66. The van der Waals surface area contributed by atoms with Crippen LogP contribution in [0.5, 0.6) is 11.5 Å². The number of benzene rings is 1. The number of nitrogens with zero attached hydrogens (tertiary/aromatic N) is 1. The fraction of sp³-hybridized carbons (Fsp3) is 0.591. The lowest BCUT2D eigenvalue weighted by Crippen LogP contribution is -2.54. The molecular weight excluding hydrogens is 342 g/mol. The summed E-state index contributed by atoms with van der Waals surface area (Å²) in [4.78, 5) is 14.5. The molecule has 0 spiro atoms. The Kier molecular flexibility index (Phi) is 6.10. The second-order valence-electron chi connectivity index (χ2n) is 7.99. The minimum Gasteiger partial charge on any atom is -0.493 e. The molecule has 1 aromatic carbocycles. The van der Waals surface area contributed by atoms with Crippen LogP contribution in [-0.4, -0.2) is 47.8 Å². The SMILES string of the molecule is COc1cc(/C=C/C(=O)N2CC[C@]3(O)CCCC[C@@H]3C2)ccc1OC(C)C. The van der Waals surface area contributed by atoms with Gasteiger partial charge in [0.2, 0.25) is 5.91 Å². The number of hydrogen-bond acceptors (Lipinski definition) is 4. The molecule has 1 heterocycles. The Morgan fingerprint density at radius 1 is 1.30 bits per heavy atom. The van der Waals surface area contributed by atoms with Crippen LogP contribution in [0.4, 0.5) is 0 Å². The van der Waals surface area contributed by atoms with Crippen molar-refractivity contribution in [3.05, 3.63) is 29.8 Å². The Morgan fingerprint density at radius 2 is 2.11 bits per heavy atom. The van der Waals surface area contributed by atoms with Gasteiger partial charge in [-0.3, -0.25) is 4.79 Å². The molecule has 1 saturated carbocycles. The maximum atomic E-state index is 12.6. The Hall–Kier alpha value is -2.01. The fourth-order valence-corrected chi connectivity index (χ4v) is 4.18. The third kappa shape index (κ3) is 4.64.